The molecule has 0 aromatic rings. The Labute approximate surface area is 76.4 Å². The monoisotopic (exact) mass is 177 g/mol. The third-order valence-corrected chi connectivity index (χ3v) is 2.36. The third-order valence-electron chi connectivity index (χ3n) is 2.36. The second-order valence-corrected chi connectivity index (χ2v) is 3.35. The van der Waals surface area contributed by atoms with Crippen LogP contribution >= 0.6 is 12.4 Å². The molecular formula is C9H20ClN. The van der Waals surface area contributed by atoms with Crippen molar-refractivity contribution >= 4 is 12.4 Å². The molecule has 0 bridgehead atoms. The molecule has 0 aromatic heterocycles. The van der Waals surface area contributed by atoms with Crippen LogP contribution in [0.1, 0.15) is 39.0 Å². The van der Waals surface area contributed by atoms with Gasteiger partial charge in [0.15, 0.2) is 0 Å². The summed E-state index contributed by atoms with van der Waals surface area (Å²) in [6.45, 7) is 4.80. The molecule has 1 unspecified atom stereocenters. The highest BCUT2D eigenvalue weighted by Crippen LogP contribution is 2.16. The maximum Gasteiger partial charge on any atom is -0.00205 e. The number of hydrogen-bond donors (Lipinski definition) is 1. The molecule has 68 valence electrons. The average molecular weight is 178 g/mol. The van der Waals surface area contributed by atoms with Crippen LogP contribution in [0.15, 0.2) is 0 Å². The van der Waals surface area contributed by atoms with E-state index in [0.717, 1.165) is 5.92 Å². The van der Waals surface area contributed by atoms with Crippen LogP contribution in [0, 0.1) is 5.92 Å². The summed E-state index contributed by atoms with van der Waals surface area (Å²) < 4.78 is 0. The molecule has 1 saturated heterocycles. The van der Waals surface area contributed by atoms with Gasteiger partial charge in [-0.1, -0.05) is 19.8 Å². The quantitative estimate of drug-likeness (QED) is 0.699. The van der Waals surface area contributed by atoms with E-state index < -0.39 is 0 Å². The Bertz CT molecular complexity index is 79.6. The predicted molar refractivity (Wildman–Crippen MR) is 52.4 cm³/mol. The van der Waals surface area contributed by atoms with Crippen LogP contribution in [0.25, 0.3) is 0 Å². The lowest BCUT2D eigenvalue weighted by Gasteiger charge is -2.22. The molecule has 1 atom stereocenters. The van der Waals surface area contributed by atoms with E-state index in [0.29, 0.717) is 0 Å². The molecule has 1 heterocycles. The fraction of sp³-hybridized carbons (Fsp3) is 1.00. The minimum Gasteiger partial charge on any atom is -0.316 e. The van der Waals surface area contributed by atoms with Crippen LogP contribution in [0.5, 0.6) is 0 Å². The summed E-state index contributed by atoms with van der Waals surface area (Å²) in [5.41, 5.74) is 0. The van der Waals surface area contributed by atoms with E-state index in [-0.39, 0.29) is 12.4 Å². The number of halogens is 1. The van der Waals surface area contributed by atoms with E-state index in [4.69, 9.17) is 0 Å². The first kappa shape index (κ1) is 11.2. The van der Waals surface area contributed by atoms with Gasteiger partial charge in [0, 0.05) is 0 Å². The highest BCUT2D eigenvalue weighted by molar-refractivity contribution is 5.85. The van der Waals surface area contributed by atoms with Crippen molar-refractivity contribution in [1.82, 2.24) is 5.32 Å². The van der Waals surface area contributed by atoms with E-state index >= 15 is 0 Å². The lowest BCUT2D eigenvalue weighted by atomic mass is 9.94. The Balaban J connectivity index is 0.000001000. The lowest BCUT2D eigenvalue weighted by molar-refractivity contribution is 0.350. The smallest absolute Gasteiger partial charge is 0.00205 e. The van der Waals surface area contributed by atoms with Crippen LogP contribution in [0.3, 0.4) is 0 Å². The highest BCUT2D eigenvalue weighted by Gasteiger charge is 2.10. The second-order valence-electron chi connectivity index (χ2n) is 3.35. The summed E-state index contributed by atoms with van der Waals surface area (Å²) in [4.78, 5) is 0. The maximum atomic E-state index is 3.44. The zero-order valence-corrected chi connectivity index (χ0v) is 8.25. The van der Waals surface area contributed by atoms with Crippen molar-refractivity contribution in [2.75, 3.05) is 13.1 Å². The molecule has 0 radical (unpaired) electrons. The first-order valence-electron chi connectivity index (χ1n) is 4.64. The molecule has 1 aliphatic heterocycles. The number of piperidine rings is 1. The minimum atomic E-state index is 0. The van der Waals surface area contributed by atoms with E-state index in [9.17, 15) is 0 Å². The fourth-order valence-corrected chi connectivity index (χ4v) is 1.66. The van der Waals surface area contributed by atoms with Crippen LogP contribution in [0.2, 0.25) is 0 Å². The summed E-state index contributed by atoms with van der Waals surface area (Å²) in [5, 5.41) is 3.44. The van der Waals surface area contributed by atoms with Gasteiger partial charge in [-0.2, -0.15) is 0 Å². The van der Waals surface area contributed by atoms with Gasteiger partial charge in [0.25, 0.3) is 0 Å². The van der Waals surface area contributed by atoms with Crippen molar-refractivity contribution in [3.05, 3.63) is 0 Å². The molecular weight excluding hydrogens is 158 g/mol. The summed E-state index contributed by atoms with van der Waals surface area (Å²) in [5.74, 6) is 0.994. The topological polar surface area (TPSA) is 12.0 Å². The molecule has 0 spiro atoms. The van der Waals surface area contributed by atoms with Crippen molar-refractivity contribution in [1.29, 1.82) is 0 Å². The Morgan fingerprint density at radius 3 is 2.82 bits per heavy atom. The van der Waals surface area contributed by atoms with Gasteiger partial charge in [-0.05, 0) is 38.3 Å². The average Bonchev–Trinajstić information content (AvgIpc) is 2.03. The first-order chi connectivity index (χ1) is 4.93. The highest BCUT2D eigenvalue weighted by atomic mass is 35.5. The molecule has 1 nitrogen and oxygen atoms in total. The fourth-order valence-electron chi connectivity index (χ4n) is 1.66. The van der Waals surface area contributed by atoms with Crippen molar-refractivity contribution in [3.63, 3.8) is 0 Å². The Hall–Kier alpha value is 0.250. The molecule has 1 fully saturated rings. The molecule has 1 rings (SSSR count). The van der Waals surface area contributed by atoms with Crippen molar-refractivity contribution < 1.29 is 0 Å². The number of hydrogen-bond acceptors (Lipinski definition) is 1. The molecule has 0 amide bonds. The van der Waals surface area contributed by atoms with E-state index in [1.807, 2.05) is 0 Å². The third kappa shape index (κ3) is 4.65. The zero-order valence-electron chi connectivity index (χ0n) is 7.44. The van der Waals surface area contributed by atoms with Crippen LogP contribution in [-0.2, 0) is 0 Å². The van der Waals surface area contributed by atoms with E-state index in [1.54, 1.807) is 0 Å². The van der Waals surface area contributed by atoms with Gasteiger partial charge in [0.2, 0.25) is 0 Å². The van der Waals surface area contributed by atoms with Crippen LogP contribution in [0.4, 0.5) is 0 Å². The molecule has 0 aliphatic carbocycles. The van der Waals surface area contributed by atoms with Gasteiger partial charge in [0.05, 0.1) is 0 Å². The Morgan fingerprint density at radius 1 is 1.45 bits per heavy atom. The van der Waals surface area contributed by atoms with E-state index in [1.165, 1.54) is 45.2 Å². The first-order valence-corrected chi connectivity index (χ1v) is 4.64. The maximum absolute atomic E-state index is 3.44. The lowest BCUT2D eigenvalue weighted by Crippen LogP contribution is -2.29. The number of nitrogens with one attached hydrogen (secondary N) is 1. The largest absolute Gasteiger partial charge is 0.316 e. The zero-order chi connectivity index (χ0) is 7.23. The van der Waals surface area contributed by atoms with Crippen LogP contribution in [-0.4, -0.2) is 13.1 Å². The SMILES string of the molecule is CCCCC1CCCNC1.Cl. The number of rotatable bonds is 3. The minimum absolute atomic E-state index is 0. The Kier molecular flexibility index (Phi) is 7.09. The van der Waals surface area contributed by atoms with Crippen LogP contribution < -0.4 is 5.32 Å². The van der Waals surface area contributed by atoms with Gasteiger partial charge in [-0.25, -0.2) is 0 Å². The summed E-state index contributed by atoms with van der Waals surface area (Å²) in [6.07, 6.45) is 7.09. The molecule has 1 aliphatic rings. The van der Waals surface area contributed by atoms with Crippen molar-refractivity contribution in [3.8, 4) is 0 Å². The van der Waals surface area contributed by atoms with Crippen molar-refractivity contribution in [2.45, 2.75) is 39.0 Å². The summed E-state index contributed by atoms with van der Waals surface area (Å²) >= 11 is 0. The Morgan fingerprint density at radius 2 is 2.27 bits per heavy atom. The standard InChI is InChI=1S/C9H19N.ClH/c1-2-3-5-9-6-4-7-10-8-9;/h9-10H,2-8H2,1H3;1H. The molecule has 0 aromatic carbocycles. The second kappa shape index (κ2) is 6.93. The number of unbranched alkanes of at least 4 members (excludes halogenated alkanes) is 1. The molecule has 11 heavy (non-hydrogen) atoms. The molecule has 1 N–H and O–H groups in total. The van der Waals surface area contributed by atoms with Gasteiger partial charge >= 0.3 is 0 Å². The van der Waals surface area contributed by atoms with Gasteiger partial charge in [-0.3, -0.25) is 0 Å². The van der Waals surface area contributed by atoms with E-state index in [2.05, 4.69) is 12.2 Å². The van der Waals surface area contributed by atoms with Gasteiger partial charge in [0.1, 0.15) is 0 Å². The molecule has 2 heteroatoms. The molecule has 0 saturated carbocycles. The van der Waals surface area contributed by atoms with Gasteiger partial charge in [-0.15, -0.1) is 12.4 Å². The predicted octanol–water partition coefficient (Wildman–Crippen LogP) is 2.60. The summed E-state index contributed by atoms with van der Waals surface area (Å²) in [6, 6.07) is 0. The summed E-state index contributed by atoms with van der Waals surface area (Å²) in [7, 11) is 0. The van der Waals surface area contributed by atoms with Gasteiger partial charge < -0.3 is 5.32 Å². The normalized spacial score (nSPS) is 24.3. The van der Waals surface area contributed by atoms with Crippen molar-refractivity contribution in [2.24, 2.45) is 5.92 Å².